The van der Waals surface area contributed by atoms with Gasteiger partial charge in [0.05, 0.1) is 0 Å². The highest BCUT2D eigenvalue weighted by Crippen LogP contribution is 2.43. The van der Waals surface area contributed by atoms with Gasteiger partial charge in [0, 0.05) is 0 Å². The van der Waals surface area contributed by atoms with Gasteiger partial charge in [0.15, 0.2) is 0 Å². The van der Waals surface area contributed by atoms with Crippen LogP contribution in [0.3, 0.4) is 0 Å². The van der Waals surface area contributed by atoms with Gasteiger partial charge >= 0.3 is 6.09 Å². The number of carbonyl (C=O) groups excluding carboxylic acids is 2. The fraction of sp³-hybridized carbons (Fsp3) is 0.529. The van der Waals surface area contributed by atoms with E-state index in [1.807, 2.05) is 24.3 Å². The Morgan fingerprint density at radius 2 is 1.86 bits per heavy atom. The summed E-state index contributed by atoms with van der Waals surface area (Å²) in [5.41, 5.74) is 0.335. The molecule has 2 rings (SSSR count). The van der Waals surface area contributed by atoms with Gasteiger partial charge in [0.25, 0.3) is 0 Å². The molecule has 1 aromatic rings. The lowest BCUT2D eigenvalue weighted by atomic mass is 9.87. The molecule has 1 aliphatic carbocycles. The van der Waals surface area contributed by atoms with E-state index >= 15 is 0 Å². The second kappa shape index (κ2) is 5.51. The summed E-state index contributed by atoms with van der Waals surface area (Å²) in [5.74, 6) is 0.501. The standard InChI is InChI=1S/C17H23NO3/c1-16(2,3)21-15(20)18-17(4,11-19)14-8-6-5-7-13(14)12-9-10-12/h5-8,11-12H,9-10H2,1-4H3,(H,18,20). The van der Waals surface area contributed by atoms with E-state index in [4.69, 9.17) is 4.74 Å². The summed E-state index contributed by atoms with van der Waals surface area (Å²) in [4.78, 5) is 23.7. The van der Waals surface area contributed by atoms with Crippen molar-refractivity contribution in [3.8, 4) is 0 Å². The number of ether oxygens (including phenoxy) is 1. The highest BCUT2D eigenvalue weighted by atomic mass is 16.6. The smallest absolute Gasteiger partial charge is 0.408 e. The molecule has 1 saturated carbocycles. The molecule has 0 aromatic heterocycles. The number of rotatable bonds is 4. The molecule has 0 radical (unpaired) electrons. The predicted octanol–water partition coefficient (Wildman–Crippen LogP) is 3.50. The van der Waals surface area contributed by atoms with Gasteiger partial charge in [-0.2, -0.15) is 0 Å². The number of hydrogen-bond acceptors (Lipinski definition) is 3. The first-order valence-electron chi connectivity index (χ1n) is 7.32. The lowest BCUT2D eigenvalue weighted by Gasteiger charge is -2.29. The highest BCUT2D eigenvalue weighted by molar-refractivity contribution is 5.78. The van der Waals surface area contributed by atoms with Crippen LogP contribution in [-0.2, 0) is 15.1 Å². The third kappa shape index (κ3) is 3.84. The molecule has 0 bridgehead atoms. The van der Waals surface area contributed by atoms with E-state index in [0.29, 0.717) is 5.92 Å². The Balaban J connectivity index is 2.25. The zero-order valence-electron chi connectivity index (χ0n) is 13.1. The van der Waals surface area contributed by atoms with Crippen LogP contribution in [0, 0.1) is 0 Å². The minimum absolute atomic E-state index is 0.501. The number of carbonyl (C=O) groups is 2. The van der Waals surface area contributed by atoms with E-state index < -0.39 is 17.2 Å². The van der Waals surface area contributed by atoms with Crippen molar-refractivity contribution < 1.29 is 14.3 Å². The SMILES string of the molecule is CC(C)(C)OC(=O)NC(C)(C=O)c1ccccc1C1CC1. The molecular formula is C17H23NO3. The lowest BCUT2D eigenvalue weighted by molar-refractivity contribution is -0.113. The number of benzene rings is 1. The van der Waals surface area contributed by atoms with E-state index in [0.717, 1.165) is 30.3 Å². The maximum Gasteiger partial charge on any atom is 0.408 e. The molecular weight excluding hydrogens is 266 g/mol. The number of aldehydes is 1. The molecule has 1 fully saturated rings. The summed E-state index contributed by atoms with van der Waals surface area (Å²) in [6.45, 7) is 7.10. The predicted molar refractivity (Wildman–Crippen MR) is 81.2 cm³/mol. The molecule has 1 amide bonds. The Labute approximate surface area is 125 Å². The Morgan fingerprint density at radius 3 is 2.38 bits per heavy atom. The van der Waals surface area contributed by atoms with Crippen LogP contribution in [0.15, 0.2) is 24.3 Å². The van der Waals surface area contributed by atoms with Gasteiger partial charge < -0.3 is 14.8 Å². The lowest BCUT2D eigenvalue weighted by Crippen LogP contribution is -2.47. The van der Waals surface area contributed by atoms with Crippen LogP contribution in [0.5, 0.6) is 0 Å². The van der Waals surface area contributed by atoms with Crippen LogP contribution >= 0.6 is 0 Å². The number of amides is 1. The van der Waals surface area contributed by atoms with Crippen molar-refractivity contribution in [3.05, 3.63) is 35.4 Å². The van der Waals surface area contributed by atoms with Crippen molar-refractivity contribution in [2.75, 3.05) is 0 Å². The van der Waals surface area contributed by atoms with E-state index in [1.165, 1.54) is 0 Å². The van der Waals surface area contributed by atoms with Crippen molar-refractivity contribution in [1.82, 2.24) is 5.32 Å². The van der Waals surface area contributed by atoms with Crippen LogP contribution < -0.4 is 5.32 Å². The van der Waals surface area contributed by atoms with Gasteiger partial charge in [-0.25, -0.2) is 4.79 Å². The van der Waals surface area contributed by atoms with Gasteiger partial charge in [0.2, 0.25) is 0 Å². The fourth-order valence-corrected chi connectivity index (χ4v) is 2.40. The largest absolute Gasteiger partial charge is 0.444 e. The number of nitrogens with one attached hydrogen (secondary N) is 1. The summed E-state index contributed by atoms with van der Waals surface area (Å²) in [6, 6.07) is 7.79. The van der Waals surface area contributed by atoms with Crippen LogP contribution in [0.2, 0.25) is 0 Å². The van der Waals surface area contributed by atoms with Crippen molar-refractivity contribution >= 4 is 12.4 Å². The van der Waals surface area contributed by atoms with E-state index in [1.54, 1.807) is 27.7 Å². The third-order valence-corrected chi connectivity index (χ3v) is 3.53. The molecule has 1 aliphatic rings. The average Bonchev–Trinajstić information content (AvgIpc) is 3.20. The quantitative estimate of drug-likeness (QED) is 0.863. The van der Waals surface area contributed by atoms with Crippen LogP contribution in [0.1, 0.15) is 57.6 Å². The zero-order chi connectivity index (χ0) is 15.7. The summed E-state index contributed by atoms with van der Waals surface area (Å²) < 4.78 is 5.26. The molecule has 0 spiro atoms. The zero-order valence-corrected chi connectivity index (χ0v) is 13.1. The van der Waals surface area contributed by atoms with E-state index in [2.05, 4.69) is 5.32 Å². The molecule has 4 nitrogen and oxygen atoms in total. The van der Waals surface area contributed by atoms with E-state index in [9.17, 15) is 9.59 Å². The third-order valence-electron chi connectivity index (χ3n) is 3.53. The van der Waals surface area contributed by atoms with E-state index in [-0.39, 0.29) is 0 Å². The Kier molecular flexibility index (Phi) is 4.08. The molecule has 1 unspecified atom stereocenters. The monoisotopic (exact) mass is 289 g/mol. The summed E-state index contributed by atoms with van der Waals surface area (Å²) >= 11 is 0. The van der Waals surface area contributed by atoms with Gasteiger partial charge in [-0.05, 0) is 57.6 Å². The second-order valence-electron chi connectivity index (χ2n) is 6.81. The first-order valence-corrected chi connectivity index (χ1v) is 7.32. The number of alkyl carbamates (subject to hydrolysis) is 1. The van der Waals surface area contributed by atoms with Crippen molar-refractivity contribution in [2.45, 2.75) is 57.6 Å². The topological polar surface area (TPSA) is 55.4 Å². The van der Waals surface area contributed by atoms with Gasteiger partial charge in [0.1, 0.15) is 17.4 Å². The minimum atomic E-state index is -1.07. The molecule has 4 heteroatoms. The van der Waals surface area contributed by atoms with Gasteiger partial charge in [-0.15, -0.1) is 0 Å². The second-order valence-corrected chi connectivity index (χ2v) is 6.81. The fourth-order valence-electron chi connectivity index (χ4n) is 2.40. The summed E-state index contributed by atoms with van der Waals surface area (Å²) in [5, 5.41) is 2.71. The average molecular weight is 289 g/mol. The molecule has 0 heterocycles. The summed E-state index contributed by atoms with van der Waals surface area (Å²) in [6.07, 6.45) is 2.47. The molecule has 114 valence electrons. The van der Waals surface area contributed by atoms with Crippen LogP contribution in [0.25, 0.3) is 0 Å². The molecule has 1 aromatic carbocycles. The molecule has 1 atom stereocenters. The Hall–Kier alpha value is -1.84. The molecule has 0 saturated heterocycles. The highest BCUT2D eigenvalue weighted by Gasteiger charge is 2.36. The van der Waals surface area contributed by atoms with Gasteiger partial charge in [-0.3, -0.25) is 0 Å². The molecule has 21 heavy (non-hydrogen) atoms. The number of hydrogen-bond donors (Lipinski definition) is 1. The van der Waals surface area contributed by atoms with Crippen molar-refractivity contribution in [1.29, 1.82) is 0 Å². The first-order chi connectivity index (χ1) is 9.75. The van der Waals surface area contributed by atoms with Crippen molar-refractivity contribution in [2.24, 2.45) is 0 Å². The van der Waals surface area contributed by atoms with Crippen molar-refractivity contribution in [3.63, 3.8) is 0 Å². The Bertz CT molecular complexity index is 543. The maximum absolute atomic E-state index is 12.0. The molecule has 0 aliphatic heterocycles. The summed E-state index contributed by atoms with van der Waals surface area (Å²) in [7, 11) is 0. The maximum atomic E-state index is 12.0. The minimum Gasteiger partial charge on any atom is -0.444 e. The van der Waals surface area contributed by atoms with Crippen LogP contribution in [-0.4, -0.2) is 18.0 Å². The Morgan fingerprint density at radius 1 is 1.24 bits per heavy atom. The van der Waals surface area contributed by atoms with Crippen LogP contribution in [0.4, 0.5) is 4.79 Å². The molecule has 1 N–H and O–H groups in total. The van der Waals surface area contributed by atoms with Gasteiger partial charge in [-0.1, -0.05) is 24.3 Å². The first kappa shape index (κ1) is 15.5. The normalized spacial score (nSPS) is 17.7.